The fourth-order valence-corrected chi connectivity index (χ4v) is 2.08. The van der Waals surface area contributed by atoms with Crippen molar-refractivity contribution >= 4 is 5.97 Å². The zero-order chi connectivity index (χ0) is 15.1. The average Bonchev–Trinajstić information content (AvgIpc) is 2.84. The average molecular weight is 282 g/mol. The molecule has 0 fully saturated rings. The molecule has 0 radical (unpaired) electrons. The van der Waals surface area contributed by atoms with E-state index < -0.39 is 0 Å². The summed E-state index contributed by atoms with van der Waals surface area (Å²) in [6, 6.07) is -0.0781. The number of nitrogens with zero attached hydrogens (tertiary/aromatic N) is 3. The maximum atomic E-state index is 11.8. The first-order chi connectivity index (χ1) is 9.51. The Kier molecular flexibility index (Phi) is 6.64. The Morgan fingerprint density at radius 3 is 2.55 bits per heavy atom. The monoisotopic (exact) mass is 282 g/mol. The molecule has 6 nitrogen and oxygen atoms in total. The van der Waals surface area contributed by atoms with E-state index >= 15 is 0 Å². The van der Waals surface area contributed by atoms with E-state index in [1.54, 1.807) is 0 Å². The summed E-state index contributed by atoms with van der Waals surface area (Å²) in [5.41, 5.74) is 0. The third-order valence-electron chi connectivity index (χ3n) is 3.07. The van der Waals surface area contributed by atoms with E-state index in [9.17, 15) is 4.79 Å². The lowest BCUT2D eigenvalue weighted by molar-refractivity contribution is -0.143. The standard InChI is InChI=1S/C14H26N4O2/c1-6-12-16-13(7-2)18(17-12)9-8-11(14(19)20-5)15-10(3)4/h10-11,15H,6-9H2,1-5H3. The number of hydrogen-bond acceptors (Lipinski definition) is 5. The van der Waals surface area contributed by atoms with Crippen LogP contribution in [0.3, 0.4) is 0 Å². The molecule has 1 aromatic heterocycles. The van der Waals surface area contributed by atoms with Crippen LogP contribution in [0.1, 0.15) is 45.8 Å². The van der Waals surface area contributed by atoms with Gasteiger partial charge in [-0.2, -0.15) is 5.10 Å². The Balaban J connectivity index is 2.71. The molecule has 1 aromatic rings. The summed E-state index contributed by atoms with van der Waals surface area (Å²) in [7, 11) is 1.42. The summed E-state index contributed by atoms with van der Waals surface area (Å²) < 4.78 is 6.74. The topological polar surface area (TPSA) is 69.0 Å². The molecule has 0 aliphatic heterocycles. The van der Waals surface area contributed by atoms with Gasteiger partial charge < -0.3 is 10.1 Å². The highest BCUT2D eigenvalue weighted by Gasteiger charge is 2.20. The Hall–Kier alpha value is -1.43. The van der Waals surface area contributed by atoms with E-state index in [1.807, 2.05) is 25.5 Å². The Morgan fingerprint density at radius 1 is 1.35 bits per heavy atom. The molecular formula is C14H26N4O2. The highest BCUT2D eigenvalue weighted by molar-refractivity contribution is 5.75. The minimum absolute atomic E-state index is 0.228. The summed E-state index contributed by atoms with van der Waals surface area (Å²) in [5, 5.41) is 7.68. The van der Waals surface area contributed by atoms with Gasteiger partial charge >= 0.3 is 5.97 Å². The summed E-state index contributed by atoms with van der Waals surface area (Å²) >= 11 is 0. The lowest BCUT2D eigenvalue weighted by atomic mass is 10.2. The fraction of sp³-hybridized carbons (Fsp3) is 0.786. The van der Waals surface area contributed by atoms with Crippen LogP contribution in [0.4, 0.5) is 0 Å². The van der Waals surface area contributed by atoms with Crippen LogP contribution in [0.5, 0.6) is 0 Å². The lowest BCUT2D eigenvalue weighted by Gasteiger charge is -2.19. The fourth-order valence-electron chi connectivity index (χ4n) is 2.08. The molecule has 20 heavy (non-hydrogen) atoms. The van der Waals surface area contributed by atoms with Gasteiger partial charge in [-0.15, -0.1) is 0 Å². The van der Waals surface area contributed by atoms with Gasteiger partial charge in [0.05, 0.1) is 7.11 Å². The number of nitrogens with one attached hydrogen (secondary N) is 1. The second-order valence-electron chi connectivity index (χ2n) is 5.06. The second kappa shape index (κ2) is 7.99. The molecule has 0 aliphatic rings. The van der Waals surface area contributed by atoms with Gasteiger partial charge in [-0.05, 0) is 6.42 Å². The van der Waals surface area contributed by atoms with Crippen molar-refractivity contribution in [2.75, 3.05) is 7.11 Å². The van der Waals surface area contributed by atoms with Crippen molar-refractivity contribution in [1.82, 2.24) is 20.1 Å². The quantitative estimate of drug-likeness (QED) is 0.729. The second-order valence-corrected chi connectivity index (χ2v) is 5.06. The summed E-state index contributed by atoms with van der Waals surface area (Å²) in [5.74, 6) is 1.59. The zero-order valence-corrected chi connectivity index (χ0v) is 13.1. The highest BCUT2D eigenvalue weighted by atomic mass is 16.5. The maximum Gasteiger partial charge on any atom is 0.322 e. The SMILES string of the molecule is CCc1nc(CC)n(CCC(NC(C)C)C(=O)OC)n1. The van der Waals surface area contributed by atoms with Crippen LogP contribution >= 0.6 is 0 Å². The van der Waals surface area contributed by atoms with Crippen molar-refractivity contribution in [3.05, 3.63) is 11.6 Å². The van der Waals surface area contributed by atoms with Crippen molar-refractivity contribution < 1.29 is 9.53 Å². The molecule has 1 unspecified atom stereocenters. The number of carbonyl (C=O) groups excluding carboxylic acids is 1. The van der Waals surface area contributed by atoms with Gasteiger partial charge in [0.1, 0.15) is 11.9 Å². The number of aryl methyl sites for hydroxylation is 3. The van der Waals surface area contributed by atoms with E-state index in [4.69, 9.17) is 4.74 Å². The molecule has 0 aromatic carbocycles. The van der Waals surface area contributed by atoms with Crippen LogP contribution in [0, 0.1) is 0 Å². The molecule has 0 aliphatic carbocycles. The highest BCUT2D eigenvalue weighted by Crippen LogP contribution is 2.05. The molecule has 6 heteroatoms. The number of hydrogen-bond donors (Lipinski definition) is 1. The largest absolute Gasteiger partial charge is 0.468 e. The number of esters is 1. The predicted octanol–water partition coefficient (Wildman–Crippen LogP) is 1.33. The Bertz CT molecular complexity index is 429. The first-order valence-electron chi connectivity index (χ1n) is 7.28. The van der Waals surface area contributed by atoms with E-state index in [0.717, 1.165) is 24.5 Å². The Morgan fingerprint density at radius 2 is 2.05 bits per heavy atom. The van der Waals surface area contributed by atoms with Gasteiger partial charge in [0, 0.05) is 25.4 Å². The van der Waals surface area contributed by atoms with Crippen LogP contribution < -0.4 is 5.32 Å². The predicted molar refractivity (Wildman–Crippen MR) is 77.5 cm³/mol. The molecule has 0 spiro atoms. The minimum atomic E-state index is -0.306. The summed E-state index contributed by atoms with van der Waals surface area (Å²) in [6.07, 6.45) is 2.31. The Labute approximate surface area is 120 Å². The number of aromatic nitrogens is 3. The number of carbonyl (C=O) groups is 1. The van der Waals surface area contributed by atoms with Crippen LogP contribution in [0.15, 0.2) is 0 Å². The van der Waals surface area contributed by atoms with E-state index in [0.29, 0.717) is 13.0 Å². The number of ether oxygens (including phenoxy) is 1. The van der Waals surface area contributed by atoms with E-state index in [-0.39, 0.29) is 18.1 Å². The van der Waals surface area contributed by atoms with Gasteiger partial charge in [0.2, 0.25) is 0 Å². The van der Waals surface area contributed by atoms with Crippen molar-refractivity contribution in [3.63, 3.8) is 0 Å². The zero-order valence-electron chi connectivity index (χ0n) is 13.1. The van der Waals surface area contributed by atoms with Crippen LogP contribution in [-0.2, 0) is 28.9 Å². The smallest absolute Gasteiger partial charge is 0.322 e. The molecule has 1 N–H and O–H groups in total. The van der Waals surface area contributed by atoms with Gasteiger partial charge in [-0.25, -0.2) is 9.67 Å². The molecule has 0 amide bonds. The third-order valence-corrected chi connectivity index (χ3v) is 3.07. The first kappa shape index (κ1) is 16.6. The van der Waals surface area contributed by atoms with Crippen molar-refractivity contribution in [3.8, 4) is 0 Å². The van der Waals surface area contributed by atoms with Gasteiger partial charge in [-0.1, -0.05) is 27.7 Å². The molecule has 0 saturated carbocycles. The van der Waals surface area contributed by atoms with Gasteiger partial charge in [0.25, 0.3) is 0 Å². The normalized spacial score (nSPS) is 12.7. The summed E-state index contributed by atoms with van der Waals surface area (Å²) in [6.45, 7) is 8.78. The van der Waals surface area contributed by atoms with E-state index in [2.05, 4.69) is 22.3 Å². The molecule has 1 rings (SSSR count). The van der Waals surface area contributed by atoms with Crippen LogP contribution in [-0.4, -0.2) is 39.9 Å². The number of methoxy groups -OCH3 is 1. The number of rotatable bonds is 8. The van der Waals surface area contributed by atoms with Crippen LogP contribution in [0.25, 0.3) is 0 Å². The molecule has 1 heterocycles. The van der Waals surface area contributed by atoms with Crippen molar-refractivity contribution in [2.45, 2.75) is 65.6 Å². The van der Waals surface area contributed by atoms with Gasteiger partial charge in [-0.3, -0.25) is 4.79 Å². The minimum Gasteiger partial charge on any atom is -0.468 e. The maximum absolute atomic E-state index is 11.8. The molecule has 114 valence electrons. The van der Waals surface area contributed by atoms with Crippen LogP contribution in [0.2, 0.25) is 0 Å². The summed E-state index contributed by atoms with van der Waals surface area (Å²) in [4.78, 5) is 16.2. The molecule has 1 atom stereocenters. The van der Waals surface area contributed by atoms with Crippen molar-refractivity contribution in [1.29, 1.82) is 0 Å². The lowest BCUT2D eigenvalue weighted by Crippen LogP contribution is -2.42. The van der Waals surface area contributed by atoms with Crippen molar-refractivity contribution in [2.24, 2.45) is 0 Å². The molecular weight excluding hydrogens is 256 g/mol. The van der Waals surface area contributed by atoms with Gasteiger partial charge in [0.15, 0.2) is 5.82 Å². The molecule has 0 bridgehead atoms. The first-order valence-corrected chi connectivity index (χ1v) is 7.28. The van der Waals surface area contributed by atoms with E-state index in [1.165, 1.54) is 7.11 Å². The third kappa shape index (κ3) is 4.59. The molecule has 0 saturated heterocycles.